The molecule has 1 unspecified atom stereocenters. The number of methoxy groups -OCH3 is 1. The first-order chi connectivity index (χ1) is 13.7. The minimum absolute atomic E-state index is 0.140. The summed E-state index contributed by atoms with van der Waals surface area (Å²) in [4.78, 5) is 4.41. The van der Waals surface area contributed by atoms with Gasteiger partial charge in [0.15, 0.2) is 5.57 Å². The van der Waals surface area contributed by atoms with Crippen molar-refractivity contribution < 1.29 is 9.15 Å². The average Bonchev–Trinajstić information content (AvgIpc) is 3.36. The summed E-state index contributed by atoms with van der Waals surface area (Å²) in [5.74, 6) is 2.54. The predicted octanol–water partition coefficient (Wildman–Crippen LogP) is 1.14. The summed E-state index contributed by atoms with van der Waals surface area (Å²) in [6, 6.07) is 7.97. The molecule has 28 heavy (non-hydrogen) atoms. The standard InChI is InChI=1S/C20H28N6O2/c1-27-18-3-2-8-25(14-18)15-19-5-4-17(28-19)13-23-6-9-26-10-7-24-20(26)16(11-21)12-22/h4-5,18,23-24H,2-3,6-10,13-15H2,1H3. The smallest absolute Gasteiger partial charge is 0.169 e. The molecule has 0 spiro atoms. The lowest BCUT2D eigenvalue weighted by Crippen LogP contribution is -2.38. The Bertz CT molecular complexity index is 743. The van der Waals surface area contributed by atoms with Gasteiger partial charge >= 0.3 is 0 Å². The Morgan fingerprint density at radius 2 is 2.14 bits per heavy atom. The molecule has 0 bridgehead atoms. The largest absolute Gasteiger partial charge is 0.463 e. The van der Waals surface area contributed by atoms with E-state index >= 15 is 0 Å². The number of likely N-dealkylation sites (tertiary alicyclic amines) is 1. The number of piperidine rings is 1. The molecule has 8 heteroatoms. The first-order valence-corrected chi connectivity index (χ1v) is 9.80. The average molecular weight is 384 g/mol. The van der Waals surface area contributed by atoms with Gasteiger partial charge in [-0.05, 0) is 31.5 Å². The maximum atomic E-state index is 9.04. The van der Waals surface area contributed by atoms with Crippen molar-refractivity contribution in [3.8, 4) is 12.1 Å². The van der Waals surface area contributed by atoms with Gasteiger partial charge in [0.05, 0.1) is 19.2 Å². The Morgan fingerprint density at radius 1 is 1.32 bits per heavy atom. The monoisotopic (exact) mass is 384 g/mol. The highest BCUT2D eigenvalue weighted by atomic mass is 16.5. The maximum absolute atomic E-state index is 9.04. The van der Waals surface area contributed by atoms with Crippen molar-refractivity contribution in [2.24, 2.45) is 0 Å². The molecule has 2 N–H and O–H groups in total. The lowest BCUT2D eigenvalue weighted by Gasteiger charge is -2.31. The summed E-state index contributed by atoms with van der Waals surface area (Å²) in [5.41, 5.74) is 0.140. The number of allylic oxidation sites excluding steroid dienone is 1. The number of hydrogen-bond donors (Lipinski definition) is 2. The quantitative estimate of drug-likeness (QED) is 0.508. The maximum Gasteiger partial charge on any atom is 0.169 e. The van der Waals surface area contributed by atoms with Crippen molar-refractivity contribution >= 4 is 0 Å². The lowest BCUT2D eigenvalue weighted by atomic mass is 10.1. The van der Waals surface area contributed by atoms with E-state index in [1.165, 1.54) is 0 Å². The molecule has 0 amide bonds. The number of nitriles is 2. The molecule has 0 radical (unpaired) electrons. The molecule has 150 valence electrons. The van der Waals surface area contributed by atoms with E-state index in [4.69, 9.17) is 19.7 Å². The third-order valence-electron chi connectivity index (χ3n) is 5.20. The van der Waals surface area contributed by atoms with Crippen LogP contribution >= 0.6 is 0 Å². The van der Waals surface area contributed by atoms with E-state index in [0.717, 1.165) is 70.2 Å². The Morgan fingerprint density at radius 3 is 2.93 bits per heavy atom. The molecular formula is C20H28N6O2. The molecule has 0 aliphatic carbocycles. The number of nitrogens with one attached hydrogen (secondary N) is 2. The fourth-order valence-electron chi connectivity index (χ4n) is 3.73. The number of rotatable bonds is 8. The van der Waals surface area contributed by atoms with Crippen LogP contribution < -0.4 is 10.6 Å². The van der Waals surface area contributed by atoms with Crippen LogP contribution in [0.5, 0.6) is 0 Å². The molecule has 8 nitrogen and oxygen atoms in total. The van der Waals surface area contributed by atoms with Crippen LogP contribution in [0.15, 0.2) is 27.9 Å². The van der Waals surface area contributed by atoms with Gasteiger partial charge in [-0.2, -0.15) is 10.5 Å². The molecule has 2 saturated heterocycles. The SMILES string of the molecule is COC1CCCN(Cc2ccc(CNCCN3CCNC3=C(C#N)C#N)o2)C1. The van der Waals surface area contributed by atoms with Crippen LogP contribution in [0.1, 0.15) is 24.4 Å². The van der Waals surface area contributed by atoms with E-state index in [0.29, 0.717) is 18.5 Å². The van der Waals surface area contributed by atoms with E-state index in [9.17, 15) is 0 Å². The summed E-state index contributed by atoms with van der Waals surface area (Å²) < 4.78 is 11.4. The summed E-state index contributed by atoms with van der Waals surface area (Å²) in [6.45, 7) is 6.54. The fourth-order valence-corrected chi connectivity index (χ4v) is 3.73. The summed E-state index contributed by atoms with van der Waals surface area (Å²) in [5, 5.41) is 24.6. The van der Waals surface area contributed by atoms with Gasteiger partial charge in [-0.15, -0.1) is 0 Å². The fraction of sp³-hybridized carbons (Fsp3) is 0.600. The number of nitrogens with zero attached hydrogens (tertiary/aromatic N) is 4. The molecule has 1 aromatic rings. The highest BCUT2D eigenvalue weighted by Gasteiger charge is 2.21. The zero-order valence-electron chi connectivity index (χ0n) is 16.4. The summed E-state index contributed by atoms with van der Waals surface area (Å²) in [6.07, 6.45) is 2.62. The van der Waals surface area contributed by atoms with Crippen molar-refractivity contribution in [2.45, 2.75) is 32.0 Å². The Balaban J connectivity index is 1.41. The zero-order valence-corrected chi connectivity index (χ0v) is 16.4. The van der Waals surface area contributed by atoms with Crippen molar-refractivity contribution in [3.63, 3.8) is 0 Å². The molecule has 1 atom stereocenters. The molecule has 3 heterocycles. The topological polar surface area (TPSA) is 100 Å². The number of ether oxygens (including phenoxy) is 1. The second-order valence-electron chi connectivity index (χ2n) is 7.14. The molecule has 3 rings (SSSR count). The van der Waals surface area contributed by atoms with Gasteiger partial charge in [0.1, 0.15) is 29.5 Å². The predicted molar refractivity (Wildman–Crippen MR) is 104 cm³/mol. The minimum Gasteiger partial charge on any atom is -0.463 e. The van der Waals surface area contributed by atoms with Gasteiger partial charge in [0, 0.05) is 39.8 Å². The Labute approximate surface area is 166 Å². The van der Waals surface area contributed by atoms with E-state index in [1.807, 2.05) is 29.2 Å². The van der Waals surface area contributed by atoms with Crippen LogP contribution in [0.3, 0.4) is 0 Å². The third-order valence-corrected chi connectivity index (χ3v) is 5.20. The van der Waals surface area contributed by atoms with Gasteiger partial charge in [-0.3, -0.25) is 4.90 Å². The van der Waals surface area contributed by atoms with Crippen molar-refractivity contribution in [2.75, 3.05) is 46.4 Å². The zero-order chi connectivity index (χ0) is 19.8. The van der Waals surface area contributed by atoms with Gasteiger partial charge in [-0.25, -0.2) is 0 Å². The van der Waals surface area contributed by atoms with Crippen LogP contribution in [-0.2, 0) is 17.8 Å². The molecule has 1 aromatic heterocycles. The van der Waals surface area contributed by atoms with E-state index < -0.39 is 0 Å². The van der Waals surface area contributed by atoms with Crippen LogP contribution in [0.2, 0.25) is 0 Å². The van der Waals surface area contributed by atoms with Gasteiger partial charge in [0.2, 0.25) is 0 Å². The molecule has 0 saturated carbocycles. The number of furan rings is 1. The molecule has 2 fully saturated rings. The van der Waals surface area contributed by atoms with Crippen LogP contribution in [0, 0.1) is 22.7 Å². The second-order valence-corrected chi connectivity index (χ2v) is 7.14. The van der Waals surface area contributed by atoms with Gasteiger partial charge in [-0.1, -0.05) is 0 Å². The number of hydrogen-bond acceptors (Lipinski definition) is 8. The summed E-state index contributed by atoms with van der Waals surface area (Å²) in [7, 11) is 1.78. The lowest BCUT2D eigenvalue weighted by molar-refractivity contribution is 0.0262. The van der Waals surface area contributed by atoms with Crippen molar-refractivity contribution in [1.82, 2.24) is 20.4 Å². The van der Waals surface area contributed by atoms with Crippen molar-refractivity contribution in [1.29, 1.82) is 10.5 Å². The highest BCUT2D eigenvalue weighted by molar-refractivity contribution is 5.39. The summed E-state index contributed by atoms with van der Waals surface area (Å²) >= 11 is 0. The Hall–Kier alpha value is -2.52. The van der Waals surface area contributed by atoms with Gasteiger partial charge in [0.25, 0.3) is 0 Å². The van der Waals surface area contributed by atoms with Crippen LogP contribution in [-0.4, -0.2) is 62.3 Å². The molecule has 2 aliphatic heterocycles. The van der Waals surface area contributed by atoms with E-state index in [2.05, 4.69) is 15.5 Å². The first kappa shape index (κ1) is 20.2. The molecule has 0 aromatic carbocycles. The third kappa shape index (κ3) is 5.26. The normalized spacial score (nSPS) is 19.9. The minimum atomic E-state index is 0.140. The van der Waals surface area contributed by atoms with Crippen LogP contribution in [0.25, 0.3) is 0 Å². The molecule has 2 aliphatic rings. The first-order valence-electron chi connectivity index (χ1n) is 9.80. The molecular weight excluding hydrogens is 356 g/mol. The second kappa shape index (κ2) is 10.1. The van der Waals surface area contributed by atoms with E-state index in [1.54, 1.807) is 7.11 Å². The van der Waals surface area contributed by atoms with E-state index in [-0.39, 0.29) is 5.57 Å². The highest BCUT2D eigenvalue weighted by Crippen LogP contribution is 2.17. The van der Waals surface area contributed by atoms with Gasteiger partial charge < -0.3 is 24.7 Å². The van der Waals surface area contributed by atoms with Crippen LogP contribution in [0.4, 0.5) is 0 Å². The van der Waals surface area contributed by atoms with Crippen molar-refractivity contribution in [3.05, 3.63) is 35.0 Å². The Kier molecular flexibility index (Phi) is 7.32.